The number of ether oxygens (including phenoxy) is 1. The van der Waals surface area contributed by atoms with Crippen molar-refractivity contribution in [3.63, 3.8) is 0 Å². The molecule has 0 heterocycles. The van der Waals surface area contributed by atoms with Gasteiger partial charge in [0.1, 0.15) is 5.75 Å². The molecular weight excluding hydrogens is 340 g/mol. The average molecular weight is 362 g/mol. The summed E-state index contributed by atoms with van der Waals surface area (Å²) in [5, 5.41) is 2.78. The first-order valence-electron chi connectivity index (χ1n) is 7.78. The Balaban J connectivity index is 2.11. The number of hydrogen-bond acceptors (Lipinski definition) is 4. The fourth-order valence-electron chi connectivity index (χ4n) is 2.35. The molecule has 0 unspecified atom stereocenters. The Labute approximate surface area is 148 Å². The summed E-state index contributed by atoms with van der Waals surface area (Å²) in [5.74, 6) is 0.134. The molecule has 6 nitrogen and oxygen atoms in total. The number of para-hydroxylation sites is 1. The molecule has 2 aromatic rings. The van der Waals surface area contributed by atoms with Crippen LogP contribution < -0.4 is 14.8 Å². The predicted molar refractivity (Wildman–Crippen MR) is 97.3 cm³/mol. The van der Waals surface area contributed by atoms with Crippen molar-refractivity contribution in [3.05, 3.63) is 53.6 Å². The molecule has 0 radical (unpaired) electrons. The van der Waals surface area contributed by atoms with E-state index >= 15 is 0 Å². The number of carbonyl (C=O) groups excluding carboxylic acids is 1. The molecule has 1 amide bonds. The third-order valence-corrected chi connectivity index (χ3v) is 5.38. The quantitative estimate of drug-likeness (QED) is 0.827. The largest absolute Gasteiger partial charge is 0.497 e. The summed E-state index contributed by atoms with van der Waals surface area (Å²) in [4.78, 5) is 12.4. The number of aryl methyl sites for hydroxylation is 2. The number of methoxy groups -OCH3 is 1. The SMILES string of the molecule is COc1ccc(S(=O)(=O)N[C@H](C)C(=O)Nc2c(C)cccc2C)cc1. The standard InChI is InChI=1S/C18H22N2O4S/c1-12-6-5-7-13(2)17(12)19-18(21)14(3)20-25(22,23)16-10-8-15(24-4)9-11-16/h5-11,14,20H,1-4H3,(H,19,21)/t14-/m1/s1. The molecule has 0 aliphatic heterocycles. The monoisotopic (exact) mass is 362 g/mol. The molecule has 2 rings (SSSR count). The lowest BCUT2D eigenvalue weighted by atomic mass is 10.1. The summed E-state index contributed by atoms with van der Waals surface area (Å²) in [6.07, 6.45) is 0. The van der Waals surface area contributed by atoms with Crippen LogP contribution in [-0.2, 0) is 14.8 Å². The summed E-state index contributed by atoms with van der Waals surface area (Å²) in [6.45, 7) is 5.27. The number of hydrogen-bond donors (Lipinski definition) is 2. The Morgan fingerprint density at radius 2 is 1.60 bits per heavy atom. The van der Waals surface area contributed by atoms with Gasteiger partial charge in [0, 0.05) is 5.69 Å². The molecular formula is C18H22N2O4S. The van der Waals surface area contributed by atoms with Crippen LogP contribution in [0.15, 0.2) is 47.4 Å². The Morgan fingerprint density at radius 3 is 2.12 bits per heavy atom. The van der Waals surface area contributed by atoms with Gasteiger partial charge in [-0.3, -0.25) is 4.79 Å². The molecule has 0 aromatic heterocycles. The number of amides is 1. The summed E-state index contributed by atoms with van der Waals surface area (Å²) in [7, 11) is -2.31. The van der Waals surface area contributed by atoms with Crippen molar-refractivity contribution in [3.8, 4) is 5.75 Å². The van der Waals surface area contributed by atoms with Gasteiger partial charge in [-0.1, -0.05) is 18.2 Å². The normalized spacial score (nSPS) is 12.5. The molecule has 0 bridgehead atoms. The van der Waals surface area contributed by atoms with Gasteiger partial charge in [0.25, 0.3) is 0 Å². The van der Waals surface area contributed by atoms with E-state index in [-0.39, 0.29) is 4.90 Å². The molecule has 2 aromatic carbocycles. The van der Waals surface area contributed by atoms with Gasteiger partial charge >= 0.3 is 0 Å². The maximum atomic E-state index is 12.4. The van der Waals surface area contributed by atoms with Crippen LogP contribution in [0.2, 0.25) is 0 Å². The van der Waals surface area contributed by atoms with E-state index in [1.807, 2.05) is 32.0 Å². The van der Waals surface area contributed by atoms with Gasteiger partial charge in [-0.25, -0.2) is 8.42 Å². The van der Waals surface area contributed by atoms with Crippen LogP contribution in [-0.4, -0.2) is 27.5 Å². The lowest BCUT2D eigenvalue weighted by Gasteiger charge is -2.17. The second kappa shape index (κ2) is 7.67. The predicted octanol–water partition coefficient (Wildman–Crippen LogP) is 2.62. The second-order valence-corrected chi connectivity index (χ2v) is 7.49. The van der Waals surface area contributed by atoms with Crippen LogP contribution in [0.25, 0.3) is 0 Å². The summed E-state index contributed by atoms with van der Waals surface area (Å²) < 4.78 is 32.2. The zero-order valence-corrected chi connectivity index (χ0v) is 15.5. The number of benzene rings is 2. The van der Waals surface area contributed by atoms with Crippen molar-refractivity contribution < 1.29 is 17.9 Å². The Bertz CT molecular complexity index is 841. The number of nitrogens with one attached hydrogen (secondary N) is 2. The van der Waals surface area contributed by atoms with Gasteiger partial charge in [-0.15, -0.1) is 0 Å². The first-order valence-corrected chi connectivity index (χ1v) is 9.26. The number of anilines is 1. The minimum Gasteiger partial charge on any atom is -0.497 e. The lowest BCUT2D eigenvalue weighted by Crippen LogP contribution is -2.41. The lowest BCUT2D eigenvalue weighted by molar-refractivity contribution is -0.117. The van der Waals surface area contributed by atoms with Crippen molar-refractivity contribution >= 4 is 21.6 Å². The van der Waals surface area contributed by atoms with E-state index in [4.69, 9.17) is 4.74 Å². The third-order valence-electron chi connectivity index (χ3n) is 3.82. The minimum absolute atomic E-state index is 0.0695. The van der Waals surface area contributed by atoms with Gasteiger partial charge in [0.05, 0.1) is 18.0 Å². The van der Waals surface area contributed by atoms with Crippen LogP contribution in [0.5, 0.6) is 5.75 Å². The molecule has 25 heavy (non-hydrogen) atoms. The van der Waals surface area contributed by atoms with Crippen LogP contribution in [0.4, 0.5) is 5.69 Å². The van der Waals surface area contributed by atoms with Gasteiger partial charge in [0.15, 0.2) is 0 Å². The molecule has 1 atom stereocenters. The van der Waals surface area contributed by atoms with Crippen LogP contribution >= 0.6 is 0 Å². The van der Waals surface area contributed by atoms with Crippen molar-refractivity contribution in [1.82, 2.24) is 4.72 Å². The van der Waals surface area contributed by atoms with E-state index in [1.54, 1.807) is 12.1 Å². The maximum Gasteiger partial charge on any atom is 0.242 e. The minimum atomic E-state index is -3.81. The second-order valence-electron chi connectivity index (χ2n) is 5.77. The average Bonchev–Trinajstić information content (AvgIpc) is 2.57. The Kier molecular flexibility index (Phi) is 5.81. The summed E-state index contributed by atoms with van der Waals surface area (Å²) in [5.41, 5.74) is 2.53. The van der Waals surface area contributed by atoms with Gasteiger partial charge in [-0.05, 0) is 56.2 Å². The number of rotatable bonds is 6. The summed E-state index contributed by atoms with van der Waals surface area (Å²) in [6, 6.07) is 10.7. The fraction of sp³-hybridized carbons (Fsp3) is 0.278. The van der Waals surface area contributed by atoms with Crippen LogP contribution in [0.1, 0.15) is 18.1 Å². The highest BCUT2D eigenvalue weighted by atomic mass is 32.2. The number of carbonyl (C=O) groups is 1. The third kappa shape index (κ3) is 4.58. The highest BCUT2D eigenvalue weighted by molar-refractivity contribution is 7.89. The molecule has 0 aliphatic rings. The van der Waals surface area contributed by atoms with E-state index < -0.39 is 22.0 Å². The van der Waals surface area contributed by atoms with Gasteiger partial charge < -0.3 is 10.1 Å². The molecule has 7 heteroatoms. The zero-order chi connectivity index (χ0) is 18.6. The molecule has 0 fully saturated rings. The van der Waals surface area contributed by atoms with E-state index in [9.17, 15) is 13.2 Å². The topological polar surface area (TPSA) is 84.5 Å². The number of sulfonamides is 1. The highest BCUT2D eigenvalue weighted by Gasteiger charge is 2.22. The molecule has 2 N–H and O–H groups in total. The first kappa shape index (κ1) is 19.0. The Hall–Kier alpha value is -2.38. The van der Waals surface area contributed by atoms with E-state index in [0.29, 0.717) is 11.4 Å². The van der Waals surface area contributed by atoms with Crippen molar-refractivity contribution in [2.24, 2.45) is 0 Å². The smallest absolute Gasteiger partial charge is 0.242 e. The molecule has 0 saturated heterocycles. The zero-order valence-electron chi connectivity index (χ0n) is 14.7. The fourth-order valence-corrected chi connectivity index (χ4v) is 3.56. The molecule has 0 saturated carbocycles. The molecule has 134 valence electrons. The maximum absolute atomic E-state index is 12.4. The molecule has 0 aliphatic carbocycles. The van der Waals surface area contributed by atoms with E-state index in [1.165, 1.54) is 26.2 Å². The van der Waals surface area contributed by atoms with Crippen molar-refractivity contribution in [2.75, 3.05) is 12.4 Å². The van der Waals surface area contributed by atoms with Crippen LogP contribution in [0, 0.1) is 13.8 Å². The first-order chi connectivity index (χ1) is 11.7. The van der Waals surface area contributed by atoms with Gasteiger partial charge in [-0.2, -0.15) is 4.72 Å². The van der Waals surface area contributed by atoms with E-state index in [0.717, 1.165) is 11.1 Å². The van der Waals surface area contributed by atoms with Crippen molar-refractivity contribution in [1.29, 1.82) is 0 Å². The van der Waals surface area contributed by atoms with Crippen LogP contribution in [0.3, 0.4) is 0 Å². The Morgan fingerprint density at radius 1 is 1.04 bits per heavy atom. The highest BCUT2D eigenvalue weighted by Crippen LogP contribution is 2.20. The summed E-state index contributed by atoms with van der Waals surface area (Å²) >= 11 is 0. The van der Waals surface area contributed by atoms with Crippen molar-refractivity contribution in [2.45, 2.75) is 31.7 Å². The van der Waals surface area contributed by atoms with E-state index in [2.05, 4.69) is 10.0 Å². The van der Waals surface area contributed by atoms with Gasteiger partial charge in [0.2, 0.25) is 15.9 Å². The molecule has 0 spiro atoms.